The third kappa shape index (κ3) is 4.14. The van der Waals surface area contributed by atoms with Gasteiger partial charge in [-0.05, 0) is 36.2 Å². The molecule has 0 aromatic heterocycles. The number of nitrogens with zero attached hydrogens (tertiary/aromatic N) is 1. The van der Waals surface area contributed by atoms with Crippen LogP contribution < -0.4 is 15.5 Å². The van der Waals surface area contributed by atoms with Crippen LogP contribution in [0, 0.1) is 5.82 Å². The molecule has 0 radical (unpaired) electrons. The average molecular weight is 357 g/mol. The summed E-state index contributed by atoms with van der Waals surface area (Å²) in [5.41, 5.74) is 3.62. The van der Waals surface area contributed by atoms with Crippen molar-refractivity contribution < 1.29 is 13.9 Å². The number of nitrogens with one attached hydrogen (secondary N) is 2. The van der Waals surface area contributed by atoms with E-state index in [1.807, 2.05) is 12.1 Å². The maximum Gasteiger partial charge on any atom is 0.319 e. The summed E-state index contributed by atoms with van der Waals surface area (Å²) in [7, 11) is 3.62. The van der Waals surface area contributed by atoms with Gasteiger partial charge in [0.15, 0.2) is 0 Å². The fourth-order valence-corrected chi connectivity index (χ4v) is 3.36. The minimum atomic E-state index is -0.356. The zero-order valence-corrected chi connectivity index (χ0v) is 15.1. The van der Waals surface area contributed by atoms with Crippen LogP contribution in [0.25, 0.3) is 0 Å². The van der Waals surface area contributed by atoms with Crippen molar-refractivity contribution >= 4 is 17.4 Å². The second kappa shape index (κ2) is 8.19. The van der Waals surface area contributed by atoms with E-state index in [0.29, 0.717) is 17.8 Å². The summed E-state index contributed by atoms with van der Waals surface area (Å²) >= 11 is 0. The summed E-state index contributed by atoms with van der Waals surface area (Å²) in [6.45, 7) is 1.74. The van der Waals surface area contributed by atoms with Crippen molar-refractivity contribution in [3.8, 4) is 0 Å². The van der Waals surface area contributed by atoms with Gasteiger partial charge in [0.05, 0.1) is 6.61 Å². The van der Waals surface area contributed by atoms with Gasteiger partial charge >= 0.3 is 6.03 Å². The number of carbonyl (C=O) groups excluding carboxylic acids is 1. The SMILES string of the molecule is COCc1cc(F)ccc1NC(=O)NCC1CCN(C)c2ccccc21. The molecule has 26 heavy (non-hydrogen) atoms. The molecule has 0 bridgehead atoms. The van der Waals surface area contributed by atoms with Crippen LogP contribution in [0.4, 0.5) is 20.6 Å². The highest BCUT2D eigenvalue weighted by Crippen LogP contribution is 2.33. The maximum atomic E-state index is 13.4. The van der Waals surface area contributed by atoms with Gasteiger partial charge in [0.2, 0.25) is 0 Å². The van der Waals surface area contributed by atoms with Crippen molar-refractivity contribution in [2.75, 3.05) is 37.5 Å². The van der Waals surface area contributed by atoms with Gasteiger partial charge in [0, 0.05) is 50.1 Å². The number of fused-ring (bicyclic) bond motifs is 1. The monoisotopic (exact) mass is 357 g/mol. The number of hydrogen-bond donors (Lipinski definition) is 2. The molecule has 1 unspecified atom stereocenters. The zero-order valence-electron chi connectivity index (χ0n) is 15.1. The van der Waals surface area contributed by atoms with Crippen molar-refractivity contribution in [1.29, 1.82) is 0 Å². The number of methoxy groups -OCH3 is 1. The Kier molecular flexibility index (Phi) is 5.73. The van der Waals surface area contributed by atoms with Crippen LogP contribution in [-0.4, -0.2) is 33.3 Å². The van der Waals surface area contributed by atoms with Crippen molar-refractivity contribution in [3.63, 3.8) is 0 Å². The first-order chi connectivity index (χ1) is 12.6. The quantitative estimate of drug-likeness (QED) is 0.858. The summed E-state index contributed by atoms with van der Waals surface area (Å²) in [5, 5.41) is 5.73. The summed E-state index contributed by atoms with van der Waals surface area (Å²) in [4.78, 5) is 14.5. The van der Waals surface area contributed by atoms with Gasteiger partial charge in [-0.3, -0.25) is 0 Å². The van der Waals surface area contributed by atoms with E-state index in [4.69, 9.17) is 4.74 Å². The Morgan fingerprint density at radius 1 is 1.31 bits per heavy atom. The number of hydrogen-bond acceptors (Lipinski definition) is 3. The highest BCUT2D eigenvalue weighted by atomic mass is 19.1. The van der Waals surface area contributed by atoms with E-state index in [0.717, 1.165) is 13.0 Å². The minimum Gasteiger partial charge on any atom is -0.380 e. The zero-order chi connectivity index (χ0) is 18.5. The van der Waals surface area contributed by atoms with Crippen molar-refractivity contribution in [2.24, 2.45) is 0 Å². The molecular weight excluding hydrogens is 333 g/mol. The van der Waals surface area contributed by atoms with Gasteiger partial charge in [-0.2, -0.15) is 0 Å². The van der Waals surface area contributed by atoms with Gasteiger partial charge in [-0.1, -0.05) is 18.2 Å². The topological polar surface area (TPSA) is 53.6 Å². The highest BCUT2D eigenvalue weighted by Gasteiger charge is 2.23. The molecule has 1 aliphatic heterocycles. The summed E-state index contributed by atoms with van der Waals surface area (Å²) < 4.78 is 18.4. The molecule has 0 spiro atoms. The first kappa shape index (κ1) is 18.2. The van der Waals surface area contributed by atoms with Crippen LogP contribution in [0.15, 0.2) is 42.5 Å². The van der Waals surface area contributed by atoms with Crippen molar-refractivity contribution in [3.05, 3.63) is 59.4 Å². The summed E-state index contributed by atoms with van der Waals surface area (Å²) in [6, 6.07) is 12.2. The fourth-order valence-electron chi connectivity index (χ4n) is 3.36. The van der Waals surface area contributed by atoms with Gasteiger partial charge < -0.3 is 20.3 Å². The third-order valence-electron chi connectivity index (χ3n) is 4.73. The molecule has 1 atom stereocenters. The molecule has 138 valence electrons. The predicted octanol–water partition coefficient (Wildman–Crippen LogP) is 3.72. The molecule has 2 N–H and O–H groups in total. The van der Waals surface area contributed by atoms with Crippen LogP contribution in [-0.2, 0) is 11.3 Å². The first-order valence-electron chi connectivity index (χ1n) is 8.70. The maximum absolute atomic E-state index is 13.4. The normalized spacial score (nSPS) is 16.1. The number of carbonyl (C=O) groups is 1. The largest absolute Gasteiger partial charge is 0.380 e. The number of benzene rings is 2. The van der Waals surface area contributed by atoms with Gasteiger partial charge in [0.1, 0.15) is 5.82 Å². The number of anilines is 2. The molecule has 1 aliphatic rings. The molecule has 0 saturated carbocycles. The second-order valence-corrected chi connectivity index (χ2v) is 6.54. The Morgan fingerprint density at radius 2 is 2.12 bits per heavy atom. The summed E-state index contributed by atoms with van der Waals surface area (Å²) in [6.07, 6.45) is 0.985. The summed E-state index contributed by atoms with van der Waals surface area (Å²) in [5.74, 6) is -0.0780. The number of halogens is 1. The molecule has 3 rings (SSSR count). The Balaban J connectivity index is 1.63. The lowest BCUT2D eigenvalue weighted by Gasteiger charge is -2.33. The second-order valence-electron chi connectivity index (χ2n) is 6.54. The van der Waals surface area contributed by atoms with Crippen LogP contribution in [0.1, 0.15) is 23.5 Å². The molecule has 5 nitrogen and oxygen atoms in total. The molecule has 2 amide bonds. The Hall–Kier alpha value is -2.60. The number of ether oxygens (including phenoxy) is 1. The molecule has 2 aromatic rings. The predicted molar refractivity (Wildman–Crippen MR) is 101 cm³/mol. The molecule has 0 saturated heterocycles. The van der Waals surface area contributed by atoms with Crippen LogP contribution >= 0.6 is 0 Å². The lowest BCUT2D eigenvalue weighted by molar-refractivity contribution is 0.185. The Morgan fingerprint density at radius 3 is 2.92 bits per heavy atom. The molecule has 6 heteroatoms. The fraction of sp³-hybridized carbons (Fsp3) is 0.350. The first-order valence-corrected chi connectivity index (χ1v) is 8.70. The minimum absolute atomic E-state index is 0.232. The van der Waals surface area contributed by atoms with Gasteiger partial charge in [-0.15, -0.1) is 0 Å². The van der Waals surface area contributed by atoms with Gasteiger partial charge in [-0.25, -0.2) is 9.18 Å². The molecule has 2 aromatic carbocycles. The van der Waals surface area contributed by atoms with Crippen molar-refractivity contribution in [2.45, 2.75) is 18.9 Å². The van der Waals surface area contributed by atoms with E-state index in [1.165, 1.54) is 30.5 Å². The van der Waals surface area contributed by atoms with E-state index in [2.05, 4.69) is 34.7 Å². The van der Waals surface area contributed by atoms with E-state index in [-0.39, 0.29) is 24.4 Å². The van der Waals surface area contributed by atoms with Crippen molar-refractivity contribution in [1.82, 2.24) is 5.32 Å². The van der Waals surface area contributed by atoms with Crippen LogP contribution in [0.2, 0.25) is 0 Å². The van der Waals surface area contributed by atoms with Gasteiger partial charge in [0.25, 0.3) is 0 Å². The standard InChI is InChI=1S/C20H24FN3O2/c1-24-10-9-14(17-5-3-4-6-19(17)24)12-22-20(25)23-18-8-7-16(21)11-15(18)13-26-2/h3-8,11,14H,9-10,12-13H2,1-2H3,(H2,22,23,25). The number of rotatable bonds is 5. The smallest absolute Gasteiger partial charge is 0.319 e. The molecule has 0 fully saturated rings. The molecule has 1 heterocycles. The lowest BCUT2D eigenvalue weighted by Crippen LogP contribution is -2.36. The average Bonchev–Trinajstić information content (AvgIpc) is 2.64. The Labute approximate surface area is 153 Å². The van der Waals surface area contributed by atoms with Crippen LogP contribution in [0.5, 0.6) is 0 Å². The molecular formula is C20H24FN3O2. The van der Waals surface area contributed by atoms with E-state index < -0.39 is 0 Å². The molecule has 0 aliphatic carbocycles. The number of para-hydroxylation sites is 1. The number of amides is 2. The van der Waals surface area contributed by atoms with E-state index in [1.54, 1.807) is 6.07 Å². The Bertz CT molecular complexity index is 781. The lowest BCUT2D eigenvalue weighted by atomic mass is 9.90. The van der Waals surface area contributed by atoms with E-state index >= 15 is 0 Å². The number of urea groups is 1. The highest BCUT2D eigenvalue weighted by molar-refractivity contribution is 5.90. The van der Waals surface area contributed by atoms with Crippen LogP contribution in [0.3, 0.4) is 0 Å². The third-order valence-corrected chi connectivity index (χ3v) is 4.73. The van der Waals surface area contributed by atoms with E-state index in [9.17, 15) is 9.18 Å².